The van der Waals surface area contributed by atoms with Gasteiger partial charge in [-0.1, -0.05) is 22.0 Å². The Morgan fingerprint density at radius 3 is 2.94 bits per heavy atom. The Balaban J connectivity index is 2.15. The molecule has 0 aromatic heterocycles. The Morgan fingerprint density at radius 2 is 2.24 bits per heavy atom. The predicted octanol–water partition coefficient (Wildman–Crippen LogP) is 1.95. The van der Waals surface area contributed by atoms with E-state index in [0.717, 1.165) is 30.5 Å². The lowest BCUT2D eigenvalue weighted by atomic mass is 10.2. The van der Waals surface area contributed by atoms with Crippen LogP contribution in [0.2, 0.25) is 0 Å². The topological polar surface area (TPSA) is 26.7 Å². The van der Waals surface area contributed by atoms with Crippen LogP contribution in [-0.4, -0.2) is 49.3 Å². The Labute approximate surface area is 111 Å². The van der Waals surface area contributed by atoms with Crippen molar-refractivity contribution in [3.05, 3.63) is 28.7 Å². The zero-order valence-electron chi connectivity index (χ0n) is 10.1. The van der Waals surface area contributed by atoms with Crippen LogP contribution >= 0.6 is 15.9 Å². The molecule has 0 bridgehead atoms. The highest BCUT2D eigenvalue weighted by Crippen LogP contribution is 2.22. The van der Waals surface area contributed by atoms with Gasteiger partial charge in [0.2, 0.25) is 0 Å². The zero-order valence-corrected chi connectivity index (χ0v) is 11.7. The van der Waals surface area contributed by atoms with Gasteiger partial charge in [0.15, 0.2) is 0 Å². The number of nitrogens with zero attached hydrogens (tertiary/aromatic N) is 2. The van der Waals surface area contributed by atoms with Crippen LogP contribution in [0.25, 0.3) is 0 Å². The molecule has 4 heteroatoms. The van der Waals surface area contributed by atoms with Crippen LogP contribution < -0.4 is 4.90 Å². The summed E-state index contributed by atoms with van der Waals surface area (Å²) in [4.78, 5) is 4.60. The molecule has 3 nitrogen and oxygen atoms in total. The highest BCUT2D eigenvalue weighted by atomic mass is 79.9. The van der Waals surface area contributed by atoms with Crippen LogP contribution in [0.5, 0.6) is 0 Å². The molecule has 1 aliphatic rings. The summed E-state index contributed by atoms with van der Waals surface area (Å²) in [5.74, 6) is 0. The average molecular weight is 299 g/mol. The SMILES string of the molecule is CN1CCCN(c2cccc(Br)c2)CC1CO. The van der Waals surface area contributed by atoms with Crippen LogP contribution in [0, 0.1) is 0 Å². The van der Waals surface area contributed by atoms with Crippen LogP contribution in [0.1, 0.15) is 6.42 Å². The number of aliphatic hydroxyl groups is 1. The van der Waals surface area contributed by atoms with Gasteiger partial charge in [-0.3, -0.25) is 4.90 Å². The molecule has 0 saturated carbocycles. The maximum Gasteiger partial charge on any atom is 0.0603 e. The van der Waals surface area contributed by atoms with E-state index in [9.17, 15) is 5.11 Å². The molecular weight excluding hydrogens is 280 g/mol. The molecule has 1 aromatic rings. The summed E-state index contributed by atoms with van der Waals surface area (Å²) < 4.78 is 1.10. The highest BCUT2D eigenvalue weighted by molar-refractivity contribution is 9.10. The number of hydrogen-bond acceptors (Lipinski definition) is 3. The molecule has 1 heterocycles. The van der Waals surface area contributed by atoms with Crippen molar-refractivity contribution in [1.82, 2.24) is 4.90 Å². The number of halogens is 1. The molecule has 0 amide bonds. The van der Waals surface area contributed by atoms with Gasteiger partial charge in [-0.2, -0.15) is 0 Å². The first-order valence-electron chi connectivity index (χ1n) is 6.02. The lowest BCUT2D eigenvalue weighted by molar-refractivity contribution is 0.159. The fourth-order valence-electron chi connectivity index (χ4n) is 2.28. The smallest absolute Gasteiger partial charge is 0.0603 e. The number of benzene rings is 1. The molecule has 94 valence electrons. The van der Waals surface area contributed by atoms with Gasteiger partial charge >= 0.3 is 0 Å². The predicted molar refractivity (Wildman–Crippen MR) is 74.5 cm³/mol. The first-order valence-corrected chi connectivity index (χ1v) is 6.81. The second-order valence-electron chi connectivity index (χ2n) is 4.60. The van der Waals surface area contributed by atoms with Crippen LogP contribution in [0.3, 0.4) is 0 Å². The van der Waals surface area contributed by atoms with Crippen LogP contribution in [0.15, 0.2) is 28.7 Å². The molecule has 1 aromatic carbocycles. The minimum atomic E-state index is 0.223. The second kappa shape index (κ2) is 5.85. The van der Waals surface area contributed by atoms with Gasteiger partial charge in [0.25, 0.3) is 0 Å². The maximum absolute atomic E-state index is 9.43. The van der Waals surface area contributed by atoms with Crippen LogP contribution in [0.4, 0.5) is 5.69 Å². The molecule has 1 unspecified atom stereocenters. The van der Waals surface area contributed by atoms with Gasteiger partial charge in [-0.15, -0.1) is 0 Å². The van der Waals surface area contributed by atoms with Crippen LogP contribution in [-0.2, 0) is 0 Å². The quantitative estimate of drug-likeness (QED) is 0.904. The molecule has 0 radical (unpaired) electrons. The lowest BCUT2D eigenvalue weighted by Crippen LogP contribution is -2.41. The van der Waals surface area contributed by atoms with E-state index in [0.29, 0.717) is 0 Å². The van der Waals surface area contributed by atoms with E-state index in [1.54, 1.807) is 0 Å². The number of likely N-dealkylation sites (N-methyl/N-ethyl adjacent to an activating group) is 1. The van der Waals surface area contributed by atoms with Gasteiger partial charge in [0, 0.05) is 29.3 Å². The van der Waals surface area contributed by atoms with Crippen molar-refractivity contribution in [2.75, 3.05) is 38.2 Å². The van der Waals surface area contributed by atoms with Crippen molar-refractivity contribution in [2.45, 2.75) is 12.5 Å². The molecule has 0 spiro atoms. The molecule has 17 heavy (non-hydrogen) atoms. The van der Waals surface area contributed by atoms with Crippen molar-refractivity contribution < 1.29 is 5.11 Å². The van der Waals surface area contributed by atoms with Crippen molar-refractivity contribution >= 4 is 21.6 Å². The molecule has 1 aliphatic heterocycles. The fourth-order valence-corrected chi connectivity index (χ4v) is 2.67. The third-order valence-electron chi connectivity index (χ3n) is 3.38. The van der Waals surface area contributed by atoms with Crippen molar-refractivity contribution in [2.24, 2.45) is 0 Å². The maximum atomic E-state index is 9.43. The van der Waals surface area contributed by atoms with E-state index >= 15 is 0 Å². The van der Waals surface area contributed by atoms with E-state index in [1.807, 2.05) is 6.07 Å². The van der Waals surface area contributed by atoms with E-state index < -0.39 is 0 Å². The van der Waals surface area contributed by atoms with E-state index in [2.05, 4.69) is 51.0 Å². The minimum absolute atomic E-state index is 0.223. The summed E-state index contributed by atoms with van der Waals surface area (Å²) in [6.45, 7) is 3.22. The Bertz CT molecular complexity index is 372. The molecule has 1 saturated heterocycles. The third-order valence-corrected chi connectivity index (χ3v) is 3.87. The van der Waals surface area contributed by atoms with Crippen molar-refractivity contribution in [3.63, 3.8) is 0 Å². The Morgan fingerprint density at radius 1 is 1.41 bits per heavy atom. The Hall–Kier alpha value is -0.580. The normalized spacial score (nSPS) is 22.5. The summed E-state index contributed by atoms with van der Waals surface area (Å²) in [6.07, 6.45) is 1.14. The van der Waals surface area contributed by atoms with Gasteiger partial charge in [-0.25, -0.2) is 0 Å². The molecule has 1 N–H and O–H groups in total. The highest BCUT2D eigenvalue weighted by Gasteiger charge is 2.21. The number of hydrogen-bond donors (Lipinski definition) is 1. The fraction of sp³-hybridized carbons (Fsp3) is 0.538. The molecule has 1 fully saturated rings. The number of aliphatic hydroxyl groups excluding tert-OH is 1. The van der Waals surface area contributed by atoms with E-state index in [1.165, 1.54) is 5.69 Å². The van der Waals surface area contributed by atoms with Crippen molar-refractivity contribution in [3.8, 4) is 0 Å². The van der Waals surface area contributed by atoms with Gasteiger partial charge in [0.1, 0.15) is 0 Å². The summed E-state index contributed by atoms with van der Waals surface area (Å²) >= 11 is 3.51. The standard InChI is InChI=1S/C13H19BrN2O/c1-15-6-3-7-16(9-13(15)10-17)12-5-2-4-11(14)8-12/h2,4-5,8,13,17H,3,6-7,9-10H2,1H3. The first-order chi connectivity index (χ1) is 8.20. The largest absolute Gasteiger partial charge is 0.395 e. The molecule has 1 atom stereocenters. The number of anilines is 1. The monoisotopic (exact) mass is 298 g/mol. The van der Waals surface area contributed by atoms with Gasteiger partial charge in [0.05, 0.1) is 6.61 Å². The summed E-state index contributed by atoms with van der Waals surface area (Å²) in [6, 6.07) is 8.60. The average Bonchev–Trinajstić information content (AvgIpc) is 2.51. The third kappa shape index (κ3) is 3.21. The first kappa shape index (κ1) is 12.9. The van der Waals surface area contributed by atoms with E-state index in [-0.39, 0.29) is 12.6 Å². The molecule has 0 aliphatic carbocycles. The Kier molecular flexibility index (Phi) is 4.42. The summed E-state index contributed by atoms with van der Waals surface area (Å²) in [7, 11) is 2.09. The second-order valence-corrected chi connectivity index (χ2v) is 5.51. The minimum Gasteiger partial charge on any atom is -0.395 e. The number of rotatable bonds is 2. The summed E-state index contributed by atoms with van der Waals surface area (Å²) in [5, 5.41) is 9.43. The van der Waals surface area contributed by atoms with E-state index in [4.69, 9.17) is 0 Å². The lowest BCUT2D eigenvalue weighted by Gasteiger charge is -2.28. The van der Waals surface area contributed by atoms with Gasteiger partial charge in [-0.05, 0) is 38.2 Å². The van der Waals surface area contributed by atoms with Crippen molar-refractivity contribution in [1.29, 1.82) is 0 Å². The molecular formula is C13H19BrN2O. The van der Waals surface area contributed by atoms with Gasteiger partial charge < -0.3 is 10.0 Å². The summed E-state index contributed by atoms with van der Waals surface area (Å²) in [5.41, 5.74) is 1.23. The zero-order chi connectivity index (χ0) is 12.3. The molecule has 2 rings (SSSR count).